The molecule has 0 bridgehead atoms. The van der Waals surface area contributed by atoms with E-state index in [1.807, 2.05) is 42.7 Å². The highest BCUT2D eigenvalue weighted by Crippen LogP contribution is 2.28. The van der Waals surface area contributed by atoms with Gasteiger partial charge in [-0.15, -0.1) is 11.3 Å². The maximum Gasteiger partial charge on any atom is 0.257 e. The van der Waals surface area contributed by atoms with Crippen LogP contribution in [0.15, 0.2) is 33.8 Å². The summed E-state index contributed by atoms with van der Waals surface area (Å²) >= 11 is 1.60. The van der Waals surface area contributed by atoms with E-state index in [0.717, 1.165) is 43.2 Å². The molecule has 1 aliphatic heterocycles. The minimum atomic E-state index is 0.0571. The summed E-state index contributed by atoms with van der Waals surface area (Å²) in [6.07, 6.45) is 5.86. The smallest absolute Gasteiger partial charge is 0.257 e. The topological polar surface area (TPSA) is 64.2 Å². The molecule has 1 fully saturated rings. The standard InChI is InChI=1S/C19H22N4O2S/c1-13-8-17(14(2)25-13)19(24)23-6-3-4-15(9-23)18-20-5-7-22(18)10-16-11-26-12-21-16/h5,7-8,11-12,15H,3-4,6,9-10H2,1-2H3/t15-/m0/s1. The average Bonchev–Trinajstić information content (AvgIpc) is 3.37. The third-order valence-electron chi connectivity index (χ3n) is 4.91. The van der Waals surface area contributed by atoms with Crippen molar-refractivity contribution in [1.82, 2.24) is 19.4 Å². The monoisotopic (exact) mass is 370 g/mol. The molecule has 0 N–H and O–H groups in total. The average molecular weight is 370 g/mol. The Labute approximate surface area is 156 Å². The largest absolute Gasteiger partial charge is 0.466 e. The van der Waals surface area contributed by atoms with Crippen molar-refractivity contribution in [2.75, 3.05) is 13.1 Å². The Kier molecular flexibility index (Phi) is 4.63. The van der Waals surface area contributed by atoms with Crippen molar-refractivity contribution in [1.29, 1.82) is 0 Å². The molecule has 4 rings (SSSR count). The van der Waals surface area contributed by atoms with Gasteiger partial charge in [0.1, 0.15) is 17.3 Å². The molecular weight excluding hydrogens is 348 g/mol. The molecule has 0 spiro atoms. The lowest BCUT2D eigenvalue weighted by Crippen LogP contribution is -2.39. The maximum atomic E-state index is 12.9. The van der Waals surface area contributed by atoms with Gasteiger partial charge in [0.2, 0.25) is 0 Å². The van der Waals surface area contributed by atoms with Crippen LogP contribution < -0.4 is 0 Å². The van der Waals surface area contributed by atoms with Gasteiger partial charge in [-0.3, -0.25) is 4.79 Å². The van der Waals surface area contributed by atoms with Crippen molar-refractivity contribution in [3.05, 3.63) is 58.0 Å². The second-order valence-electron chi connectivity index (χ2n) is 6.81. The Bertz CT molecular complexity index is 897. The fraction of sp³-hybridized carbons (Fsp3) is 0.421. The quantitative estimate of drug-likeness (QED) is 0.704. The predicted octanol–water partition coefficient (Wildman–Crippen LogP) is 3.62. The molecule has 1 saturated heterocycles. The highest BCUT2D eigenvalue weighted by atomic mass is 32.1. The highest BCUT2D eigenvalue weighted by Gasteiger charge is 2.29. The van der Waals surface area contributed by atoms with E-state index in [9.17, 15) is 4.79 Å². The number of aromatic nitrogens is 3. The molecule has 0 aromatic carbocycles. The Balaban J connectivity index is 1.51. The maximum absolute atomic E-state index is 12.9. The van der Waals surface area contributed by atoms with Gasteiger partial charge in [0.05, 0.1) is 23.3 Å². The third-order valence-corrected chi connectivity index (χ3v) is 5.54. The fourth-order valence-corrected chi connectivity index (χ4v) is 4.24. The Morgan fingerprint density at radius 3 is 3.00 bits per heavy atom. The SMILES string of the molecule is Cc1cc(C(=O)N2CCC[C@H](c3nccn3Cc3cscn3)C2)c(C)o1. The van der Waals surface area contributed by atoms with Crippen molar-refractivity contribution in [3.63, 3.8) is 0 Å². The number of aryl methyl sites for hydroxylation is 2. The third kappa shape index (κ3) is 3.31. The van der Waals surface area contributed by atoms with Gasteiger partial charge in [-0.2, -0.15) is 0 Å². The van der Waals surface area contributed by atoms with Crippen LogP contribution >= 0.6 is 11.3 Å². The number of carbonyl (C=O) groups excluding carboxylic acids is 1. The summed E-state index contributed by atoms with van der Waals surface area (Å²) in [7, 11) is 0. The Morgan fingerprint density at radius 1 is 1.38 bits per heavy atom. The van der Waals surface area contributed by atoms with E-state index in [-0.39, 0.29) is 11.8 Å². The molecule has 3 aromatic rings. The molecule has 4 heterocycles. The number of furan rings is 1. The van der Waals surface area contributed by atoms with E-state index in [2.05, 4.69) is 19.9 Å². The van der Waals surface area contributed by atoms with Crippen LogP contribution in [0.25, 0.3) is 0 Å². The molecule has 136 valence electrons. The van der Waals surface area contributed by atoms with Crippen molar-refractivity contribution >= 4 is 17.2 Å². The van der Waals surface area contributed by atoms with E-state index >= 15 is 0 Å². The van der Waals surface area contributed by atoms with Gasteiger partial charge >= 0.3 is 0 Å². The van der Waals surface area contributed by atoms with Crippen LogP contribution in [0.3, 0.4) is 0 Å². The normalized spacial score (nSPS) is 17.6. The zero-order valence-corrected chi connectivity index (χ0v) is 15.8. The first-order chi connectivity index (χ1) is 12.6. The Morgan fingerprint density at radius 2 is 2.27 bits per heavy atom. The van der Waals surface area contributed by atoms with Gasteiger partial charge in [-0.05, 0) is 32.8 Å². The highest BCUT2D eigenvalue weighted by molar-refractivity contribution is 7.07. The summed E-state index contributed by atoms with van der Waals surface area (Å²) in [5.41, 5.74) is 3.57. The lowest BCUT2D eigenvalue weighted by Gasteiger charge is -2.32. The summed E-state index contributed by atoms with van der Waals surface area (Å²) < 4.78 is 7.69. The van der Waals surface area contributed by atoms with Crippen molar-refractivity contribution in [2.24, 2.45) is 0 Å². The second-order valence-corrected chi connectivity index (χ2v) is 7.53. The van der Waals surface area contributed by atoms with Gasteiger partial charge in [0, 0.05) is 36.8 Å². The molecule has 1 atom stereocenters. The lowest BCUT2D eigenvalue weighted by molar-refractivity contribution is 0.0701. The number of hydrogen-bond donors (Lipinski definition) is 0. The molecule has 6 nitrogen and oxygen atoms in total. The number of rotatable bonds is 4. The summed E-state index contributed by atoms with van der Waals surface area (Å²) in [6, 6.07) is 1.84. The number of imidazole rings is 1. The van der Waals surface area contributed by atoms with Crippen LogP contribution in [0, 0.1) is 13.8 Å². The van der Waals surface area contributed by atoms with Crippen molar-refractivity contribution in [3.8, 4) is 0 Å². The van der Waals surface area contributed by atoms with Crippen LogP contribution in [-0.2, 0) is 6.54 Å². The summed E-state index contributed by atoms with van der Waals surface area (Å²) in [4.78, 5) is 23.8. The molecule has 7 heteroatoms. The van der Waals surface area contributed by atoms with Gasteiger partial charge in [-0.1, -0.05) is 0 Å². The summed E-state index contributed by atoms with van der Waals surface area (Å²) in [5.74, 6) is 2.81. The molecule has 1 amide bonds. The molecule has 1 aliphatic rings. The predicted molar refractivity (Wildman–Crippen MR) is 99.5 cm³/mol. The van der Waals surface area contributed by atoms with Gasteiger partial charge < -0.3 is 13.9 Å². The molecule has 26 heavy (non-hydrogen) atoms. The van der Waals surface area contributed by atoms with Crippen LogP contribution in [0.1, 0.15) is 52.2 Å². The van der Waals surface area contributed by atoms with Crippen LogP contribution in [0.2, 0.25) is 0 Å². The van der Waals surface area contributed by atoms with E-state index < -0.39 is 0 Å². The van der Waals surface area contributed by atoms with E-state index in [4.69, 9.17) is 4.42 Å². The second kappa shape index (κ2) is 7.07. The first-order valence-electron chi connectivity index (χ1n) is 8.86. The molecular formula is C19H22N4O2S. The molecule has 0 radical (unpaired) electrons. The van der Waals surface area contributed by atoms with Crippen molar-refractivity contribution < 1.29 is 9.21 Å². The van der Waals surface area contributed by atoms with E-state index in [1.54, 1.807) is 11.3 Å². The minimum absolute atomic E-state index is 0.0571. The zero-order valence-electron chi connectivity index (χ0n) is 15.0. The Hall–Kier alpha value is -2.41. The summed E-state index contributed by atoms with van der Waals surface area (Å²) in [6.45, 7) is 5.92. The van der Waals surface area contributed by atoms with E-state index in [1.165, 1.54) is 0 Å². The number of piperidine rings is 1. The fourth-order valence-electron chi connectivity index (χ4n) is 3.69. The van der Waals surface area contributed by atoms with E-state index in [0.29, 0.717) is 17.9 Å². The van der Waals surface area contributed by atoms with Crippen LogP contribution in [0.5, 0.6) is 0 Å². The van der Waals surface area contributed by atoms with Gasteiger partial charge in [-0.25, -0.2) is 9.97 Å². The molecule has 3 aromatic heterocycles. The molecule has 0 saturated carbocycles. The lowest BCUT2D eigenvalue weighted by atomic mass is 9.96. The van der Waals surface area contributed by atoms with Gasteiger partial charge in [0.25, 0.3) is 5.91 Å². The van der Waals surface area contributed by atoms with Crippen LogP contribution in [0.4, 0.5) is 0 Å². The molecule has 0 unspecified atom stereocenters. The van der Waals surface area contributed by atoms with Crippen molar-refractivity contribution in [2.45, 2.75) is 39.2 Å². The van der Waals surface area contributed by atoms with Crippen LogP contribution in [-0.4, -0.2) is 38.4 Å². The number of hydrogen-bond acceptors (Lipinski definition) is 5. The first kappa shape index (κ1) is 17.0. The number of likely N-dealkylation sites (tertiary alicyclic amines) is 1. The number of amides is 1. The zero-order chi connectivity index (χ0) is 18.1. The first-order valence-corrected chi connectivity index (χ1v) is 9.80. The number of carbonyl (C=O) groups is 1. The van der Waals surface area contributed by atoms with Gasteiger partial charge in [0.15, 0.2) is 0 Å². The summed E-state index contributed by atoms with van der Waals surface area (Å²) in [5, 5.41) is 2.06. The number of nitrogens with zero attached hydrogens (tertiary/aromatic N) is 4. The molecule has 0 aliphatic carbocycles. The number of thiazole rings is 1. The minimum Gasteiger partial charge on any atom is -0.466 e.